The van der Waals surface area contributed by atoms with Gasteiger partial charge >= 0.3 is 0 Å². The highest BCUT2D eigenvalue weighted by molar-refractivity contribution is 9.10. The summed E-state index contributed by atoms with van der Waals surface area (Å²) < 4.78 is 35.0. The average molecular weight is 608 g/mol. The average Bonchev–Trinajstić information content (AvgIpc) is 2.84. The van der Waals surface area contributed by atoms with E-state index in [1.807, 2.05) is 36.4 Å². The summed E-state index contributed by atoms with van der Waals surface area (Å²) in [5, 5.41) is 2.99. The molecule has 1 fully saturated rings. The van der Waals surface area contributed by atoms with Crippen LogP contribution in [0.1, 0.15) is 28.8 Å². The van der Waals surface area contributed by atoms with E-state index in [0.29, 0.717) is 25.1 Å². The molecule has 34 heavy (non-hydrogen) atoms. The van der Waals surface area contributed by atoms with Crippen molar-refractivity contribution in [3.63, 3.8) is 0 Å². The van der Waals surface area contributed by atoms with Gasteiger partial charge in [-0.1, -0.05) is 44.0 Å². The van der Waals surface area contributed by atoms with Crippen molar-refractivity contribution in [2.75, 3.05) is 13.1 Å². The van der Waals surface area contributed by atoms with Gasteiger partial charge in [0, 0.05) is 33.6 Å². The van der Waals surface area contributed by atoms with Gasteiger partial charge in [0.25, 0.3) is 5.91 Å². The van der Waals surface area contributed by atoms with Crippen LogP contribution in [0.4, 0.5) is 0 Å². The second-order valence-corrected chi connectivity index (χ2v) is 11.8. The number of hydrogen-bond acceptors (Lipinski definition) is 4. The van der Waals surface area contributed by atoms with E-state index >= 15 is 0 Å². The number of rotatable bonds is 7. The molecule has 6 nitrogen and oxygen atoms in total. The molecule has 0 radical (unpaired) electrons. The van der Waals surface area contributed by atoms with Crippen molar-refractivity contribution in [3.05, 3.63) is 92.9 Å². The van der Waals surface area contributed by atoms with E-state index in [2.05, 4.69) is 37.2 Å². The zero-order valence-corrected chi connectivity index (χ0v) is 22.3. The summed E-state index contributed by atoms with van der Waals surface area (Å²) in [6.07, 6.45) is 1.42. The third kappa shape index (κ3) is 6.27. The first-order valence-corrected chi connectivity index (χ1v) is 13.9. The van der Waals surface area contributed by atoms with Crippen molar-refractivity contribution in [3.8, 4) is 5.75 Å². The van der Waals surface area contributed by atoms with E-state index in [1.165, 1.54) is 4.31 Å². The quantitative estimate of drug-likeness (QED) is 0.392. The SMILES string of the molecule is O=C(NC1CCCN(S(=O)(=O)c2ccc(Br)cc2)C1)c1ccc(COc2ccc(Br)cc2)cc1. The topological polar surface area (TPSA) is 75.7 Å². The first-order valence-electron chi connectivity index (χ1n) is 10.9. The minimum absolute atomic E-state index is 0.215. The van der Waals surface area contributed by atoms with Crippen LogP contribution in [-0.2, 0) is 16.6 Å². The zero-order chi connectivity index (χ0) is 24.1. The molecule has 3 aromatic rings. The predicted octanol–water partition coefficient (Wildman–Crippen LogP) is 5.37. The van der Waals surface area contributed by atoms with E-state index < -0.39 is 10.0 Å². The Morgan fingerprint density at radius 1 is 0.941 bits per heavy atom. The Kier molecular flexibility index (Phi) is 8.08. The summed E-state index contributed by atoms with van der Waals surface area (Å²) in [5.41, 5.74) is 1.48. The molecule has 1 saturated heterocycles. The van der Waals surface area contributed by atoms with E-state index in [4.69, 9.17) is 4.74 Å². The van der Waals surface area contributed by atoms with Crippen LogP contribution in [0.2, 0.25) is 0 Å². The largest absolute Gasteiger partial charge is 0.489 e. The van der Waals surface area contributed by atoms with Gasteiger partial charge in [-0.05, 0) is 79.1 Å². The molecule has 0 bridgehead atoms. The summed E-state index contributed by atoms with van der Waals surface area (Å²) in [6.45, 7) is 1.09. The van der Waals surface area contributed by atoms with Crippen LogP contribution in [0.3, 0.4) is 0 Å². The Morgan fingerprint density at radius 3 is 2.21 bits per heavy atom. The van der Waals surface area contributed by atoms with E-state index in [0.717, 1.165) is 26.7 Å². The minimum atomic E-state index is -3.60. The summed E-state index contributed by atoms with van der Waals surface area (Å²) in [4.78, 5) is 13.0. The Balaban J connectivity index is 1.33. The maximum Gasteiger partial charge on any atom is 0.251 e. The highest BCUT2D eigenvalue weighted by atomic mass is 79.9. The fourth-order valence-electron chi connectivity index (χ4n) is 3.75. The van der Waals surface area contributed by atoms with Crippen LogP contribution in [0.15, 0.2) is 86.6 Å². The van der Waals surface area contributed by atoms with Gasteiger partial charge in [0.15, 0.2) is 0 Å². The molecule has 0 aromatic heterocycles. The normalized spacial score (nSPS) is 16.7. The lowest BCUT2D eigenvalue weighted by atomic mass is 10.1. The summed E-state index contributed by atoms with van der Waals surface area (Å²) >= 11 is 6.73. The molecule has 0 saturated carbocycles. The number of carbonyl (C=O) groups is 1. The van der Waals surface area contributed by atoms with Gasteiger partial charge in [-0.15, -0.1) is 0 Å². The number of nitrogens with one attached hydrogen (secondary N) is 1. The molecule has 1 atom stereocenters. The molecule has 3 aromatic carbocycles. The maximum absolute atomic E-state index is 13.0. The molecular formula is C25H24Br2N2O4S. The number of sulfonamides is 1. The molecule has 1 amide bonds. The van der Waals surface area contributed by atoms with E-state index in [1.54, 1.807) is 36.4 Å². The Hall–Kier alpha value is -2.20. The van der Waals surface area contributed by atoms with Gasteiger partial charge in [-0.25, -0.2) is 8.42 Å². The molecule has 0 spiro atoms. The summed E-state index contributed by atoms with van der Waals surface area (Å²) in [7, 11) is -3.60. The second-order valence-electron chi connectivity index (χ2n) is 8.07. The molecule has 1 heterocycles. The first kappa shape index (κ1) is 24.9. The summed E-state index contributed by atoms with van der Waals surface area (Å²) in [6, 6.07) is 21.2. The fourth-order valence-corrected chi connectivity index (χ4v) is 5.81. The zero-order valence-electron chi connectivity index (χ0n) is 18.3. The van der Waals surface area contributed by atoms with Gasteiger partial charge < -0.3 is 10.1 Å². The van der Waals surface area contributed by atoms with Crippen molar-refractivity contribution in [1.82, 2.24) is 9.62 Å². The van der Waals surface area contributed by atoms with Crippen LogP contribution < -0.4 is 10.1 Å². The molecule has 1 aliphatic rings. The molecule has 9 heteroatoms. The number of piperidine rings is 1. The number of amides is 1. The second kappa shape index (κ2) is 11.0. The number of benzene rings is 3. The summed E-state index contributed by atoms with van der Waals surface area (Å²) in [5.74, 6) is 0.554. The number of hydrogen-bond donors (Lipinski definition) is 1. The molecule has 1 unspecified atom stereocenters. The fraction of sp³-hybridized carbons (Fsp3) is 0.240. The molecule has 4 rings (SSSR count). The third-order valence-corrected chi connectivity index (χ3v) is 8.54. The van der Waals surface area contributed by atoms with Crippen molar-refractivity contribution in [1.29, 1.82) is 0 Å². The van der Waals surface area contributed by atoms with Crippen molar-refractivity contribution in [2.24, 2.45) is 0 Å². The van der Waals surface area contributed by atoms with E-state index in [9.17, 15) is 13.2 Å². The third-order valence-electron chi connectivity index (χ3n) is 5.61. The molecule has 1 N–H and O–H groups in total. The lowest BCUT2D eigenvalue weighted by Gasteiger charge is -2.32. The number of nitrogens with zero attached hydrogens (tertiary/aromatic N) is 1. The Bertz CT molecular complexity index is 1230. The van der Waals surface area contributed by atoms with Crippen LogP contribution in [0.5, 0.6) is 5.75 Å². The van der Waals surface area contributed by atoms with Crippen LogP contribution in [0.25, 0.3) is 0 Å². The molecule has 178 valence electrons. The molecular weight excluding hydrogens is 584 g/mol. The van der Waals surface area contributed by atoms with Crippen molar-refractivity contribution >= 4 is 47.8 Å². The predicted molar refractivity (Wildman–Crippen MR) is 138 cm³/mol. The van der Waals surface area contributed by atoms with Gasteiger partial charge in [0.2, 0.25) is 10.0 Å². The first-order chi connectivity index (χ1) is 16.3. The van der Waals surface area contributed by atoms with Gasteiger partial charge in [0.05, 0.1) is 4.90 Å². The minimum Gasteiger partial charge on any atom is -0.489 e. The number of halogens is 2. The lowest BCUT2D eigenvalue weighted by Crippen LogP contribution is -2.49. The van der Waals surface area contributed by atoms with Crippen molar-refractivity contribution < 1.29 is 17.9 Å². The highest BCUT2D eigenvalue weighted by Crippen LogP contribution is 2.23. The van der Waals surface area contributed by atoms with E-state index in [-0.39, 0.29) is 23.4 Å². The van der Waals surface area contributed by atoms with Crippen LogP contribution in [-0.4, -0.2) is 37.8 Å². The van der Waals surface area contributed by atoms with Crippen molar-refractivity contribution in [2.45, 2.75) is 30.4 Å². The molecule has 1 aliphatic heterocycles. The molecule has 0 aliphatic carbocycles. The van der Waals surface area contributed by atoms with Gasteiger partial charge in [0.1, 0.15) is 12.4 Å². The Morgan fingerprint density at radius 2 is 1.56 bits per heavy atom. The smallest absolute Gasteiger partial charge is 0.251 e. The maximum atomic E-state index is 13.0. The lowest BCUT2D eigenvalue weighted by molar-refractivity contribution is 0.0921. The van der Waals surface area contributed by atoms with Crippen LogP contribution in [0, 0.1) is 0 Å². The number of ether oxygens (including phenoxy) is 1. The highest BCUT2D eigenvalue weighted by Gasteiger charge is 2.31. The standard InChI is InChI=1S/C25H24Br2N2O4S/c26-20-7-11-23(12-8-20)33-17-18-3-5-19(6-4-18)25(30)28-22-2-1-15-29(16-22)34(31,32)24-13-9-21(27)10-14-24/h3-14,22H,1-2,15-17H2,(H,28,30). The van der Waals surface area contributed by atoms with Gasteiger partial charge in [-0.2, -0.15) is 4.31 Å². The van der Waals surface area contributed by atoms with Gasteiger partial charge in [-0.3, -0.25) is 4.79 Å². The Labute approximate surface area is 216 Å². The number of carbonyl (C=O) groups excluding carboxylic acids is 1. The van der Waals surface area contributed by atoms with Crippen LogP contribution >= 0.6 is 31.9 Å². The monoisotopic (exact) mass is 606 g/mol.